The summed E-state index contributed by atoms with van der Waals surface area (Å²) in [5.41, 5.74) is 1.64. The van der Waals surface area contributed by atoms with Crippen LogP contribution in [0, 0.1) is 6.92 Å². The molecule has 0 spiro atoms. The molecule has 2 N–H and O–H groups in total. The molecule has 17 heavy (non-hydrogen) atoms. The SMILES string of the molecule is COc1cccc(CC(C)(C)NC(=O)O)c1C. The van der Waals surface area contributed by atoms with Gasteiger partial charge in [0.2, 0.25) is 0 Å². The van der Waals surface area contributed by atoms with E-state index in [1.807, 2.05) is 39.0 Å². The van der Waals surface area contributed by atoms with Gasteiger partial charge in [0.15, 0.2) is 0 Å². The van der Waals surface area contributed by atoms with Crippen LogP contribution < -0.4 is 10.1 Å². The molecule has 0 bridgehead atoms. The molecule has 0 saturated heterocycles. The first-order valence-corrected chi connectivity index (χ1v) is 5.49. The fourth-order valence-corrected chi connectivity index (χ4v) is 1.88. The Kier molecular flexibility index (Phi) is 3.99. The normalized spacial score (nSPS) is 11.1. The number of ether oxygens (including phenoxy) is 1. The topological polar surface area (TPSA) is 58.6 Å². The molecular formula is C13H19NO3. The summed E-state index contributed by atoms with van der Waals surface area (Å²) in [6.45, 7) is 5.70. The molecule has 94 valence electrons. The van der Waals surface area contributed by atoms with Gasteiger partial charge in [0.05, 0.1) is 7.11 Å². The lowest BCUT2D eigenvalue weighted by Gasteiger charge is -2.25. The summed E-state index contributed by atoms with van der Waals surface area (Å²) in [6.07, 6.45) is -0.377. The number of hydrogen-bond acceptors (Lipinski definition) is 2. The quantitative estimate of drug-likeness (QED) is 0.846. The average Bonchev–Trinajstić information content (AvgIpc) is 2.19. The van der Waals surface area contributed by atoms with Crippen molar-refractivity contribution in [1.29, 1.82) is 0 Å². The summed E-state index contributed by atoms with van der Waals surface area (Å²) in [4.78, 5) is 10.7. The van der Waals surface area contributed by atoms with Gasteiger partial charge in [-0.1, -0.05) is 12.1 Å². The Morgan fingerprint density at radius 2 is 2.12 bits per heavy atom. The van der Waals surface area contributed by atoms with Gasteiger partial charge in [-0.15, -0.1) is 0 Å². The van der Waals surface area contributed by atoms with Gasteiger partial charge in [-0.25, -0.2) is 4.79 Å². The summed E-state index contributed by atoms with van der Waals surface area (Å²) >= 11 is 0. The molecule has 0 aliphatic rings. The first-order valence-electron chi connectivity index (χ1n) is 5.49. The number of rotatable bonds is 4. The Balaban J connectivity index is 2.91. The molecule has 4 heteroatoms. The van der Waals surface area contributed by atoms with Crippen LogP contribution in [0.15, 0.2) is 18.2 Å². The molecule has 4 nitrogen and oxygen atoms in total. The lowest BCUT2D eigenvalue weighted by molar-refractivity contribution is 0.182. The Hall–Kier alpha value is -1.71. The minimum Gasteiger partial charge on any atom is -0.496 e. The van der Waals surface area contributed by atoms with Crippen molar-refractivity contribution in [2.24, 2.45) is 0 Å². The van der Waals surface area contributed by atoms with E-state index in [1.54, 1.807) is 7.11 Å². The second-order valence-corrected chi connectivity index (χ2v) is 4.74. The molecule has 0 heterocycles. The van der Waals surface area contributed by atoms with Crippen molar-refractivity contribution in [3.8, 4) is 5.75 Å². The summed E-state index contributed by atoms with van der Waals surface area (Å²) in [5.74, 6) is 0.827. The highest BCUT2D eigenvalue weighted by Crippen LogP contribution is 2.24. The summed E-state index contributed by atoms with van der Waals surface area (Å²) < 4.78 is 5.24. The smallest absolute Gasteiger partial charge is 0.405 e. The second-order valence-electron chi connectivity index (χ2n) is 4.74. The molecule has 0 radical (unpaired) electrons. The summed E-state index contributed by atoms with van der Waals surface area (Å²) in [5, 5.41) is 11.3. The molecule has 0 atom stereocenters. The van der Waals surface area contributed by atoms with Crippen LogP contribution in [0.1, 0.15) is 25.0 Å². The number of carbonyl (C=O) groups is 1. The van der Waals surface area contributed by atoms with Crippen LogP contribution in [0.2, 0.25) is 0 Å². The maximum Gasteiger partial charge on any atom is 0.405 e. The van der Waals surface area contributed by atoms with E-state index in [9.17, 15) is 4.79 Å². The van der Waals surface area contributed by atoms with Crippen LogP contribution in [0.3, 0.4) is 0 Å². The van der Waals surface area contributed by atoms with Crippen LogP contribution in [-0.4, -0.2) is 23.8 Å². The molecule has 1 amide bonds. The van der Waals surface area contributed by atoms with E-state index in [2.05, 4.69) is 5.32 Å². The fourth-order valence-electron chi connectivity index (χ4n) is 1.88. The number of nitrogens with one attached hydrogen (secondary N) is 1. The van der Waals surface area contributed by atoms with Crippen molar-refractivity contribution in [3.63, 3.8) is 0 Å². The first-order chi connectivity index (χ1) is 7.85. The molecule has 0 fully saturated rings. The van der Waals surface area contributed by atoms with Crippen molar-refractivity contribution in [2.75, 3.05) is 7.11 Å². The summed E-state index contributed by atoms with van der Waals surface area (Å²) in [7, 11) is 1.63. The third-order valence-electron chi connectivity index (χ3n) is 2.69. The molecule has 1 rings (SSSR count). The molecule has 0 aliphatic carbocycles. The standard InChI is InChI=1S/C13H19NO3/c1-9-10(6-5-7-11(9)17-4)8-13(2,3)14-12(15)16/h5-7,14H,8H2,1-4H3,(H,15,16). The zero-order chi connectivity index (χ0) is 13.1. The van der Waals surface area contributed by atoms with E-state index < -0.39 is 11.6 Å². The first kappa shape index (κ1) is 13.4. The number of hydrogen-bond donors (Lipinski definition) is 2. The maximum atomic E-state index is 10.7. The van der Waals surface area contributed by atoms with E-state index in [0.29, 0.717) is 6.42 Å². The second kappa shape index (κ2) is 5.08. The predicted molar refractivity (Wildman–Crippen MR) is 66.7 cm³/mol. The summed E-state index contributed by atoms with van der Waals surface area (Å²) in [6, 6.07) is 5.80. The highest BCUT2D eigenvalue weighted by molar-refractivity contribution is 5.65. The van der Waals surface area contributed by atoms with Gasteiger partial charge in [0.1, 0.15) is 5.75 Å². The molecule has 0 saturated carbocycles. The molecule has 0 aromatic heterocycles. The third-order valence-corrected chi connectivity index (χ3v) is 2.69. The van der Waals surface area contributed by atoms with Crippen LogP contribution in [0.25, 0.3) is 0 Å². The van der Waals surface area contributed by atoms with E-state index in [1.165, 1.54) is 0 Å². The van der Waals surface area contributed by atoms with Crippen molar-refractivity contribution in [2.45, 2.75) is 32.7 Å². The average molecular weight is 237 g/mol. The largest absolute Gasteiger partial charge is 0.496 e. The van der Waals surface area contributed by atoms with Crippen molar-refractivity contribution in [1.82, 2.24) is 5.32 Å². The Bertz CT molecular complexity index is 413. The van der Waals surface area contributed by atoms with Crippen LogP contribution >= 0.6 is 0 Å². The van der Waals surface area contributed by atoms with Gasteiger partial charge in [-0.3, -0.25) is 0 Å². The highest BCUT2D eigenvalue weighted by atomic mass is 16.5. The molecule has 0 aliphatic heterocycles. The Morgan fingerprint density at radius 3 is 2.65 bits per heavy atom. The third kappa shape index (κ3) is 3.66. The molecule has 1 aromatic rings. The Morgan fingerprint density at radius 1 is 1.47 bits per heavy atom. The maximum absolute atomic E-state index is 10.7. The van der Waals surface area contributed by atoms with Crippen molar-refractivity contribution < 1.29 is 14.6 Å². The number of methoxy groups -OCH3 is 1. The van der Waals surface area contributed by atoms with Gasteiger partial charge in [-0.05, 0) is 44.4 Å². The van der Waals surface area contributed by atoms with Gasteiger partial charge >= 0.3 is 6.09 Å². The van der Waals surface area contributed by atoms with E-state index in [0.717, 1.165) is 16.9 Å². The lowest BCUT2D eigenvalue weighted by atomic mass is 9.92. The molecular weight excluding hydrogens is 218 g/mol. The minimum absolute atomic E-state index is 0.497. The van der Waals surface area contributed by atoms with E-state index >= 15 is 0 Å². The highest BCUT2D eigenvalue weighted by Gasteiger charge is 2.21. The number of amides is 1. The number of benzene rings is 1. The van der Waals surface area contributed by atoms with Gasteiger partial charge in [0.25, 0.3) is 0 Å². The van der Waals surface area contributed by atoms with Gasteiger partial charge < -0.3 is 15.2 Å². The fraction of sp³-hybridized carbons (Fsp3) is 0.462. The zero-order valence-corrected chi connectivity index (χ0v) is 10.7. The number of carboxylic acid groups (broad SMARTS) is 1. The zero-order valence-electron chi connectivity index (χ0n) is 10.7. The van der Waals surface area contributed by atoms with Crippen LogP contribution in [-0.2, 0) is 6.42 Å². The molecule has 1 aromatic carbocycles. The van der Waals surface area contributed by atoms with Gasteiger partial charge in [0, 0.05) is 5.54 Å². The van der Waals surface area contributed by atoms with Crippen LogP contribution in [0.5, 0.6) is 5.75 Å². The minimum atomic E-state index is -1.00. The monoisotopic (exact) mass is 237 g/mol. The lowest BCUT2D eigenvalue weighted by Crippen LogP contribution is -2.44. The predicted octanol–water partition coefficient (Wildman–Crippen LogP) is 2.59. The molecule has 0 unspecified atom stereocenters. The van der Waals surface area contributed by atoms with E-state index in [4.69, 9.17) is 9.84 Å². The van der Waals surface area contributed by atoms with Crippen molar-refractivity contribution in [3.05, 3.63) is 29.3 Å². The Labute approximate surface area is 102 Å². The van der Waals surface area contributed by atoms with E-state index in [-0.39, 0.29) is 0 Å². The van der Waals surface area contributed by atoms with Gasteiger partial charge in [-0.2, -0.15) is 0 Å². The van der Waals surface area contributed by atoms with Crippen molar-refractivity contribution >= 4 is 6.09 Å². The van der Waals surface area contributed by atoms with Crippen LogP contribution in [0.4, 0.5) is 4.79 Å².